The average molecular weight is 696 g/mol. The second kappa shape index (κ2) is 11.0. The van der Waals surface area contributed by atoms with Crippen LogP contribution in [0.4, 0.5) is 23.0 Å². The SMILES string of the molecule is c1ccc(N2CN(c3cccc(Oc4ccc5c6cccc7c8cccc9c%10ccccc%10n(c%10cccnc%10n(c5c4)c67)c98)c3)c3nccnc32)cc1. The van der Waals surface area contributed by atoms with Crippen molar-refractivity contribution in [3.05, 3.63) is 164 Å². The maximum absolute atomic E-state index is 6.71. The molecule has 0 radical (unpaired) electrons. The normalized spacial score (nSPS) is 13.0. The van der Waals surface area contributed by atoms with Gasteiger partial charge in [0, 0.05) is 74.4 Å². The van der Waals surface area contributed by atoms with Gasteiger partial charge in [0.25, 0.3) is 0 Å². The van der Waals surface area contributed by atoms with Crippen LogP contribution < -0.4 is 14.5 Å². The molecule has 0 aliphatic carbocycles. The first-order valence-electron chi connectivity index (χ1n) is 18.0. The highest BCUT2D eigenvalue weighted by atomic mass is 16.5. The number of anilines is 4. The predicted octanol–water partition coefficient (Wildman–Crippen LogP) is 11.2. The molecule has 1 aliphatic heterocycles. The monoisotopic (exact) mass is 695 g/mol. The summed E-state index contributed by atoms with van der Waals surface area (Å²) in [5.41, 5.74) is 8.45. The van der Waals surface area contributed by atoms with Crippen LogP contribution in [0, 0.1) is 0 Å². The Morgan fingerprint density at radius 3 is 1.80 bits per heavy atom. The van der Waals surface area contributed by atoms with E-state index >= 15 is 0 Å². The fourth-order valence-corrected chi connectivity index (χ4v) is 8.62. The summed E-state index contributed by atoms with van der Waals surface area (Å²) in [5, 5.41) is 7.13. The zero-order chi connectivity index (χ0) is 35.3. The van der Waals surface area contributed by atoms with E-state index in [0.717, 1.165) is 67.6 Å². The van der Waals surface area contributed by atoms with Crippen molar-refractivity contribution in [2.24, 2.45) is 0 Å². The van der Waals surface area contributed by atoms with E-state index in [1.165, 1.54) is 32.4 Å². The molecule has 254 valence electrons. The van der Waals surface area contributed by atoms with Crippen LogP contribution in [0.2, 0.25) is 0 Å². The topological polar surface area (TPSA) is 63.2 Å². The molecule has 6 aromatic carbocycles. The first-order valence-corrected chi connectivity index (χ1v) is 18.0. The van der Waals surface area contributed by atoms with E-state index in [1.807, 2.05) is 42.6 Å². The summed E-state index contributed by atoms with van der Waals surface area (Å²) < 4.78 is 11.4. The van der Waals surface area contributed by atoms with Gasteiger partial charge in [-0.15, -0.1) is 0 Å². The predicted molar refractivity (Wildman–Crippen MR) is 218 cm³/mol. The fraction of sp³-hybridized carbons (Fsp3) is 0.0217. The third kappa shape index (κ3) is 4.04. The molecule has 0 saturated heterocycles. The van der Waals surface area contributed by atoms with Crippen molar-refractivity contribution in [2.45, 2.75) is 0 Å². The number of aromatic nitrogens is 5. The minimum atomic E-state index is 0.583. The first kappa shape index (κ1) is 29.2. The summed E-state index contributed by atoms with van der Waals surface area (Å²) >= 11 is 0. The summed E-state index contributed by atoms with van der Waals surface area (Å²) in [7, 11) is 0. The van der Waals surface area contributed by atoms with Crippen molar-refractivity contribution in [2.75, 3.05) is 16.5 Å². The van der Waals surface area contributed by atoms with Gasteiger partial charge >= 0.3 is 0 Å². The summed E-state index contributed by atoms with van der Waals surface area (Å²) in [4.78, 5) is 18.9. The molecule has 5 aromatic heterocycles. The quantitative estimate of drug-likeness (QED) is 0.183. The molecule has 0 bridgehead atoms. The molecule has 54 heavy (non-hydrogen) atoms. The van der Waals surface area contributed by atoms with E-state index in [2.05, 4.69) is 128 Å². The molecule has 11 aromatic rings. The second-order valence-corrected chi connectivity index (χ2v) is 13.8. The van der Waals surface area contributed by atoms with E-state index in [-0.39, 0.29) is 0 Å². The Morgan fingerprint density at radius 1 is 0.407 bits per heavy atom. The molecule has 8 nitrogen and oxygen atoms in total. The van der Waals surface area contributed by atoms with Gasteiger partial charge in [-0.2, -0.15) is 0 Å². The highest BCUT2D eigenvalue weighted by molar-refractivity contribution is 6.25. The molecule has 0 atom stereocenters. The molecule has 6 heterocycles. The summed E-state index contributed by atoms with van der Waals surface area (Å²) in [6.07, 6.45) is 5.38. The lowest BCUT2D eigenvalue weighted by Gasteiger charge is -2.21. The highest BCUT2D eigenvalue weighted by Gasteiger charge is 2.31. The van der Waals surface area contributed by atoms with E-state index in [9.17, 15) is 0 Å². The third-order valence-electron chi connectivity index (χ3n) is 10.9. The maximum atomic E-state index is 6.71. The van der Waals surface area contributed by atoms with Crippen LogP contribution in [0.1, 0.15) is 0 Å². The molecule has 0 saturated carbocycles. The summed E-state index contributed by atoms with van der Waals surface area (Å²) in [6.45, 7) is 0.583. The maximum Gasteiger partial charge on any atom is 0.178 e. The number of para-hydroxylation sites is 4. The van der Waals surface area contributed by atoms with Crippen molar-refractivity contribution >= 4 is 88.6 Å². The van der Waals surface area contributed by atoms with Crippen molar-refractivity contribution in [3.63, 3.8) is 0 Å². The van der Waals surface area contributed by atoms with Gasteiger partial charge in [0.05, 0.1) is 27.6 Å². The molecule has 8 heteroatoms. The minimum Gasteiger partial charge on any atom is -0.457 e. The van der Waals surface area contributed by atoms with Gasteiger partial charge in [-0.25, -0.2) is 15.0 Å². The number of benzene rings is 6. The number of nitrogens with zero attached hydrogens (tertiary/aromatic N) is 7. The largest absolute Gasteiger partial charge is 0.457 e. The van der Waals surface area contributed by atoms with Crippen LogP contribution >= 0.6 is 0 Å². The standard InChI is InChI=1S/C46H29N7O/c1-2-10-29(11-3-1)50-28-51(46-45(50)48-24-25-49-46)30-12-6-13-31(26-30)54-32-21-22-34-36-16-8-18-38-37-17-7-15-35-33-14-4-5-19-39(33)52(42(35)37)40-20-9-23-47-44(40)53(43(36)38)41(34)27-32/h1-27H,28H2. The molecule has 0 amide bonds. The van der Waals surface area contributed by atoms with Gasteiger partial charge in [-0.1, -0.05) is 78.9 Å². The van der Waals surface area contributed by atoms with Crippen LogP contribution in [-0.2, 0) is 0 Å². The zero-order valence-electron chi connectivity index (χ0n) is 28.8. The van der Waals surface area contributed by atoms with E-state index < -0.39 is 0 Å². The number of pyridine rings is 1. The zero-order valence-corrected chi connectivity index (χ0v) is 28.8. The van der Waals surface area contributed by atoms with Crippen LogP contribution in [0.5, 0.6) is 11.5 Å². The Kier molecular flexibility index (Phi) is 5.95. The van der Waals surface area contributed by atoms with Crippen LogP contribution in [-0.4, -0.2) is 30.4 Å². The number of hydrogen-bond acceptors (Lipinski definition) is 6. The lowest BCUT2D eigenvalue weighted by Crippen LogP contribution is -2.24. The van der Waals surface area contributed by atoms with Crippen molar-refractivity contribution in [1.82, 2.24) is 23.8 Å². The Hall–Kier alpha value is -7.45. The number of hydrogen-bond donors (Lipinski definition) is 0. The molecule has 1 aliphatic rings. The molecule has 12 rings (SSSR count). The molecular weight excluding hydrogens is 667 g/mol. The lowest BCUT2D eigenvalue weighted by atomic mass is 10.0. The Labute approximate surface area is 308 Å². The number of ether oxygens (including phenoxy) is 1. The number of fused-ring (bicyclic) bond motifs is 11. The molecule has 0 fully saturated rings. The Bertz CT molecular complexity index is 3310. The second-order valence-electron chi connectivity index (χ2n) is 13.8. The lowest BCUT2D eigenvalue weighted by molar-refractivity contribution is 0.483. The molecule has 0 spiro atoms. The van der Waals surface area contributed by atoms with Crippen LogP contribution in [0.15, 0.2) is 164 Å². The third-order valence-corrected chi connectivity index (χ3v) is 10.9. The van der Waals surface area contributed by atoms with Gasteiger partial charge in [-0.3, -0.25) is 4.40 Å². The van der Waals surface area contributed by atoms with Gasteiger partial charge < -0.3 is 18.9 Å². The van der Waals surface area contributed by atoms with Crippen LogP contribution in [0.3, 0.4) is 0 Å². The van der Waals surface area contributed by atoms with Gasteiger partial charge in [-0.05, 0) is 54.6 Å². The highest BCUT2D eigenvalue weighted by Crippen LogP contribution is 2.44. The fourth-order valence-electron chi connectivity index (χ4n) is 8.62. The molecule has 0 N–H and O–H groups in total. The van der Waals surface area contributed by atoms with E-state index in [4.69, 9.17) is 19.7 Å². The summed E-state index contributed by atoms with van der Waals surface area (Å²) in [6, 6.07) is 51.0. The molecular formula is C46H29N7O. The Morgan fingerprint density at radius 2 is 1.00 bits per heavy atom. The van der Waals surface area contributed by atoms with Crippen LogP contribution in [0.25, 0.3) is 65.5 Å². The minimum absolute atomic E-state index is 0.583. The van der Waals surface area contributed by atoms with Gasteiger partial charge in [0.2, 0.25) is 0 Å². The summed E-state index contributed by atoms with van der Waals surface area (Å²) in [5.74, 6) is 3.10. The number of rotatable bonds is 4. The van der Waals surface area contributed by atoms with Crippen molar-refractivity contribution < 1.29 is 4.74 Å². The van der Waals surface area contributed by atoms with Gasteiger partial charge in [0.1, 0.15) is 18.2 Å². The first-order chi connectivity index (χ1) is 26.8. The molecule has 0 unspecified atom stereocenters. The van der Waals surface area contributed by atoms with Crippen molar-refractivity contribution in [3.8, 4) is 11.5 Å². The van der Waals surface area contributed by atoms with E-state index in [0.29, 0.717) is 6.67 Å². The smallest absolute Gasteiger partial charge is 0.178 e. The van der Waals surface area contributed by atoms with E-state index in [1.54, 1.807) is 12.4 Å². The van der Waals surface area contributed by atoms with Gasteiger partial charge in [0.15, 0.2) is 17.3 Å². The Balaban J connectivity index is 1.05. The van der Waals surface area contributed by atoms with Crippen molar-refractivity contribution in [1.29, 1.82) is 0 Å². The average Bonchev–Trinajstić information content (AvgIpc) is 3.89.